The highest BCUT2D eigenvalue weighted by Gasteiger charge is 2.37. The van der Waals surface area contributed by atoms with Crippen molar-refractivity contribution < 1.29 is 9.47 Å². The Balaban J connectivity index is 1.81. The molecule has 0 atom stereocenters. The number of hydrogen-bond acceptors (Lipinski definition) is 7. The highest BCUT2D eigenvalue weighted by molar-refractivity contribution is 5.39. The summed E-state index contributed by atoms with van der Waals surface area (Å²) in [6.45, 7) is 1.36. The van der Waals surface area contributed by atoms with Gasteiger partial charge in [-0.05, 0) is 18.4 Å². The van der Waals surface area contributed by atoms with Gasteiger partial charge in [0.05, 0.1) is 25.7 Å². The Morgan fingerprint density at radius 2 is 1.58 bits per heavy atom. The zero-order valence-corrected chi connectivity index (χ0v) is 13.8. The van der Waals surface area contributed by atoms with Crippen molar-refractivity contribution in [3.63, 3.8) is 0 Å². The van der Waals surface area contributed by atoms with E-state index >= 15 is 0 Å². The van der Waals surface area contributed by atoms with Gasteiger partial charge in [0.1, 0.15) is 0 Å². The Morgan fingerprint density at radius 1 is 1.00 bits per heavy atom. The van der Waals surface area contributed by atoms with Crippen LogP contribution in [-0.2, 0) is 5.41 Å². The van der Waals surface area contributed by atoms with Gasteiger partial charge in [-0.3, -0.25) is 0 Å². The van der Waals surface area contributed by atoms with Crippen LogP contribution in [0.2, 0.25) is 0 Å². The van der Waals surface area contributed by atoms with Crippen LogP contribution in [0.3, 0.4) is 0 Å². The van der Waals surface area contributed by atoms with Gasteiger partial charge in [0.2, 0.25) is 5.95 Å². The summed E-state index contributed by atoms with van der Waals surface area (Å²) < 4.78 is 10.2. The van der Waals surface area contributed by atoms with Gasteiger partial charge in [-0.15, -0.1) is 4.98 Å². The van der Waals surface area contributed by atoms with Crippen molar-refractivity contribution in [3.05, 3.63) is 35.9 Å². The second kappa shape index (κ2) is 6.71. The lowest BCUT2D eigenvalue weighted by atomic mass is 9.74. The summed E-state index contributed by atoms with van der Waals surface area (Å²) in [7, 11) is 3.01. The number of rotatable bonds is 4. The molecule has 1 aliphatic heterocycles. The second-order valence-corrected chi connectivity index (χ2v) is 5.66. The van der Waals surface area contributed by atoms with Crippen LogP contribution in [0.4, 0.5) is 5.95 Å². The van der Waals surface area contributed by atoms with Gasteiger partial charge in [0.15, 0.2) is 0 Å². The molecular weight excluding hydrogens is 306 g/mol. The van der Waals surface area contributed by atoms with Crippen molar-refractivity contribution in [2.24, 2.45) is 0 Å². The average molecular weight is 325 g/mol. The molecule has 0 bridgehead atoms. The van der Waals surface area contributed by atoms with E-state index in [1.807, 2.05) is 35.2 Å². The minimum absolute atomic E-state index is 0.219. The van der Waals surface area contributed by atoms with Crippen molar-refractivity contribution in [3.8, 4) is 18.1 Å². The molecule has 0 saturated carbocycles. The van der Waals surface area contributed by atoms with Gasteiger partial charge >= 0.3 is 12.0 Å². The normalized spacial score (nSPS) is 16.3. The predicted octanol–water partition coefficient (Wildman–Crippen LogP) is 1.95. The quantitative estimate of drug-likeness (QED) is 0.849. The minimum atomic E-state index is -0.459. The molecule has 3 rings (SSSR count). The first-order valence-electron chi connectivity index (χ1n) is 7.76. The van der Waals surface area contributed by atoms with Crippen LogP contribution in [-0.4, -0.2) is 42.3 Å². The highest BCUT2D eigenvalue weighted by atomic mass is 16.5. The monoisotopic (exact) mass is 325 g/mol. The molecule has 0 aliphatic carbocycles. The number of methoxy groups -OCH3 is 2. The van der Waals surface area contributed by atoms with E-state index in [0.717, 1.165) is 5.56 Å². The summed E-state index contributed by atoms with van der Waals surface area (Å²) in [5, 5.41) is 9.77. The number of nitriles is 1. The third kappa shape index (κ3) is 2.95. The van der Waals surface area contributed by atoms with Crippen molar-refractivity contribution in [2.45, 2.75) is 18.3 Å². The van der Waals surface area contributed by atoms with Crippen molar-refractivity contribution >= 4 is 5.95 Å². The maximum Gasteiger partial charge on any atom is 0.324 e. The van der Waals surface area contributed by atoms with Crippen molar-refractivity contribution in [1.29, 1.82) is 5.26 Å². The first kappa shape index (κ1) is 16.0. The predicted molar refractivity (Wildman–Crippen MR) is 88.1 cm³/mol. The van der Waals surface area contributed by atoms with Gasteiger partial charge in [-0.1, -0.05) is 30.3 Å². The first-order valence-corrected chi connectivity index (χ1v) is 7.76. The number of ether oxygens (including phenoxy) is 2. The molecule has 0 unspecified atom stereocenters. The number of nitrogens with zero attached hydrogens (tertiary/aromatic N) is 5. The maximum atomic E-state index is 9.77. The summed E-state index contributed by atoms with van der Waals surface area (Å²) in [5.74, 6) is 0.512. The first-order chi connectivity index (χ1) is 11.7. The molecule has 0 N–H and O–H groups in total. The smallest absolute Gasteiger partial charge is 0.324 e. The fraction of sp³-hybridized carbons (Fsp3) is 0.412. The van der Waals surface area contributed by atoms with Gasteiger partial charge < -0.3 is 14.4 Å². The lowest BCUT2D eigenvalue weighted by molar-refractivity contribution is 0.337. The molecule has 0 spiro atoms. The number of piperidine rings is 1. The van der Waals surface area contributed by atoms with E-state index in [-0.39, 0.29) is 12.0 Å². The van der Waals surface area contributed by atoms with E-state index in [1.54, 1.807) is 0 Å². The van der Waals surface area contributed by atoms with Crippen LogP contribution >= 0.6 is 0 Å². The number of aromatic nitrogens is 3. The second-order valence-electron chi connectivity index (χ2n) is 5.66. The lowest BCUT2D eigenvalue weighted by Crippen LogP contribution is -2.42. The van der Waals surface area contributed by atoms with Crippen LogP contribution in [0.5, 0.6) is 12.0 Å². The van der Waals surface area contributed by atoms with Crippen LogP contribution in [0.15, 0.2) is 30.3 Å². The fourth-order valence-electron chi connectivity index (χ4n) is 2.96. The topological polar surface area (TPSA) is 84.2 Å². The van der Waals surface area contributed by atoms with E-state index in [1.165, 1.54) is 14.2 Å². The summed E-state index contributed by atoms with van der Waals surface area (Å²) >= 11 is 0. The summed E-state index contributed by atoms with van der Waals surface area (Å²) in [6, 6.07) is 12.9. The fourth-order valence-corrected chi connectivity index (χ4v) is 2.96. The molecular formula is C17H19N5O2. The maximum absolute atomic E-state index is 9.77. The standard InChI is InChI=1S/C17H19N5O2/c1-23-15-19-14(20-16(21-15)24-2)22-10-8-17(12-18,9-11-22)13-6-4-3-5-7-13/h3-7H,8-11H2,1-2H3. The van der Waals surface area contributed by atoms with Gasteiger partial charge in [0.25, 0.3) is 0 Å². The molecule has 0 radical (unpaired) electrons. The van der Waals surface area contributed by atoms with Gasteiger partial charge in [0, 0.05) is 13.1 Å². The average Bonchev–Trinajstić information content (AvgIpc) is 2.68. The molecule has 1 aromatic carbocycles. The largest absolute Gasteiger partial charge is 0.467 e. The summed E-state index contributed by atoms with van der Waals surface area (Å²) in [5.41, 5.74) is 0.608. The summed E-state index contributed by atoms with van der Waals surface area (Å²) in [6.07, 6.45) is 1.42. The molecule has 1 saturated heterocycles. The molecule has 124 valence electrons. The molecule has 1 aliphatic rings. The molecule has 0 amide bonds. The molecule has 1 aromatic heterocycles. The van der Waals surface area contributed by atoms with Crippen LogP contribution < -0.4 is 14.4 Å². The van der Waals surface area contributed by atoms with Crippen molar-refractivity contribution in [2.75, 3.05) is 32.2 Å². The van der Waals surface area contributed by atoms with Crippen LogP contribution in [0, 0.1) is 11.3 Å². The van der Waals surface area contributed by atoms with E-state index in [2.05, 4.69) is 21.0 Å². The zero-order chi connectivity index (χ0) is 17.0. The third-order valence-electron chi connectivity index (χ3n) is 4.39. The Kier molecular flexibility index (Phi) is 4.47. The minimum Gasteiger partial charge on any atom is -0.467 e. The SMILES string of the molecule is COc1nc(OC)nc(N2CCC(C#N)(c3ccccc3)CC2)n1. The van der Waals surface area contributed by atoms with Crippen LogP contribution in [0.1, 0.15) is 18.4 Å². The molecule has 2 heterocycles. The Morgan fingerprint density at radius 3 is 2.08 bits per heavy atom. The van der Waals surface area contributed by atoms with Gasteiger partial charge in [-0.25, -0.2) is 0 Å². The molecule has 24 heavy (non-hydrogen) atoms. The third-order valence-corrected chi connectivity index (χ3v) is 4.39. The molecule has 7 heteroatoms. The van der Waals surface area contributed by atoms with E-state index in [0.29, 0.717) is 31.9 Å². The van der Waals surface area contributed by atoms with E-state index in [9.17, 15) is 5.26 Å². The van der Waals surface area contributed by atoms with Gasteiger partial charge in [-0.2, -0.15) is 15.2 Å². The summed E-state index contributed by atoms with van der Waals surface area (Å²) in [4.78, 5) is 14.6. The Labute approximate surface area is 140 Å². The van der Waals surface area contributed by atoms with E-state index in [4.69, 9.17) is 9.47 Å². The molecule has 1 fully saturated rings. The Bertz CT molecular complexity index is 714. The molecule has 7 nitrogen and oxygen atoms in total. The zero-order valence-electron chi connectivity index (χ0n) is 13.8. The Hall–Kier alpha value is -2.88. The van der Waals surface area contributed by atoms with E-state index < -0.39 is 5.41 Å². The number of hydrogen-bond donors (Lipinski definition) is 0. The lowest BCUT2D eigenvalue weighted by Gasteiger charge is -2.37. The van der Waals surface area contributed by atoms with Crippen LogP contribution in [0.25, 0.3) is 0 Å². The van der Waals surface area contributed by atoms with Crippen molar-refractivity contribution in [1.82, 2.24) is 15.0 Å². The highest BCUT2D eigenvalue weighted by Crippen LogP contribution is 2.36. The number of benzene rings is 1. The number of anilines is 1. The molecule has 2 aromatic rings.